The van der Waals surface area contributed by atoms with Crippen molar-refractivity contribution in [3.63, 3.8) is 0 Å². The zero-order valence-corrected chi connectivity index (χ0v) is 47.4. The third-order valence-electron chi connectivity index (χ3n) is 14.1. The van der Waals surface area contributed by atoms with Crippen molar-refractivity contribution in [3.8, 4) is 5.75 Å². The second-order valence-corrected chi connectivity index (χ2v) is 22.8. The van der Waals surface area contributed by atoms with Crippen LogP contribution in [0.5, 0.6) is 5.75 Å². The van der Waals surface area contributed by atoms with Crippen molar-refractivity contribution in [2.24, 2.45) is 17.4 Å². The lowest BCUT2D eigenvalue weighted by Gasteiger charge is -2.35. The van der Waals surface area contributed by atoms with Crippen LogP contribution in [0.25, 0.3) is 0 Å². The quantitative estimate of drug-likeness (QED) is 0.0524. The van der Waals surface area contributed by atoms with E-state index < -0.39 is 163 Å². The molecule has 28 nitrogen and oxygen atoms in total. The number of nitrogens with one attached hydrogen (secondary N) is 8. The van der Waals surface area contributed by atoms with Gasteiger partial charge in [-0.3, -0.25) is 52.7 Å². The number of aliphatic hydroxyl groups excluding tert-OH is 2. The number of primary amides is 1. The molecule has 0 saturated carbocycles. The van der Waals surface area contributed by atoms with Gasteiger partial charge in [-0.05, 0) is 88.4 Å². The normalized spacial score (nSPS) is 26.5. The van der Waals surface area contributed by atoms with Gasteiger partial charge in [-0.1, -0.05) is 54.0 Å². The van der Waals surface area contributed by atoms with E-state index in [4.69, 9.17) is 11.5 Å². The molecule has 1 aromatic rings. The van der Waals surface area contributed by atoms with E-state index >= 15 is 0 Å². The Kier molecular flexibility index (Phi) is 26.9. The molecule has 3 aliphatic rings. The molecule has 0 unspecified atom stereocenters. The highest BCUT2D eigenvalue weighted by Gasteiger charge is 2.45. The molecule has 0 aliphatic carbocycles. The van der Waals surface area contributed by atoms with Gasteiger partial charge in [0.05, 0.1) is 12.7 Å². The highest BCUT2D eigenvalue weighted by molar-refractivity contribution is 8.76. The topological polar surface area (TPSA) is 441 Å². The molecule has 3 heterocycles. The van der Waals surface area contributed by atoms with Crippen LogP contribution in [-0.2, 0) is 64.0 Å². The average molecular weight is 1180 g/mol. The fourth-order valence-electron chi connectivity index (χ4n) is 9.33. The summed E-state index contributed by atoms with van der Waals surface area (Å²) < 4.78 is 0. The molecule has 16 N–H and O–H groups in total. The van der Waals surface area contributed by atoms with Crippen molar-refractivity contribution in [1.29, 1.82) is 0 Å². The van der Waals surface area contributed by atoms with Gasteiger partial charge in [0.25, 0.3) is 0 Å². The van der Waals surface area contributed by atoms with E-state index in [9.17, 15) is 78.0 Å². The van der Waals surface area contributed by atoms with Gasteiger partial charge in [0.1, 0.15) is 66.2 Å². The van der Waals surface area contributed by atoms with Crippen LogP contribution in [0, 0.1) is 5.92 Å². The Morgan fingerprint density at radius 2 is 1.30 bits per heavy atom. The molecule has 3 fully saturated rings. The molecule has 1 aromatic carbocycles. The van der Waals surface area contributed by atoms with E-state index in [0.717, 1.165) is 28.5 Å². The van der Waals surface area contributed by atoms with E-state index in [0.29, 0.717) is 31.2 Å². The van der Waals surface area contributed by atoms with Crippen LogP contribution in [0.3, 0.4) is 0 Å². The number of aliphatic carboxylic acids is 1. The lowest BCUT2D eigenvalue weighted by Crippen LogP contribution is -2.62. The SMILES string of the molecule is CC[C@H](C)[C@@H]1NC(=O)[C@H](CO)NC(=O)[C@H](CCCCN)NC(=O)[C@H]([C@@H](C)O)NC(=O)[C@@H](NC(C)=O)CSSC[C@@H](C(=O)N[C@@H](Cc2ccc(O)cc2)C(=O)O)NC(=O)[C@H](CCC(N)=O)NC(=O)[C@@H]2CCCN2C(=O)[C@@H]2CCCN2C1=O. The number of carbonyl (C=O) groups excluding carboxylic acids is 11. The minimum Gasteiger partial charge on any atom is -0.508 e. The summed E-state index contributed by atoms with van der Waals surface area (Å²) >= 11 is 0. The van der Waals surface area contributed by atoms with E-state index in [2.05, 4.69) is 42.5 Å². The van der Waals surface area contributed by atoms with Gasteiger partial charge in [-0.25, -0.2) is 4.79 Å². The zero-order chi connectivity index (χ0) is 60.1. The number of carbonyl (C=O) groups is 12. The molecule has 3 saturated heterocycles. The number of rotatable bonds is 17. The van der Waals surface area contributed by atoms with Gasteiger partial charge in [0, 0.05) is 44.4 Å². The first-order valence-electron chi connectivity index (χ1n) is 26.9. The van der Waals surface area contributed by atoms with Crippen LogP contribution in [-0.4, -0.2) is 205 Å². The zero-order valence-electron chi connectivity index (χ0n) is 45.8. The lowest BCUT2D eigenvalue weighted by atomic mass is 9.96. The molecular weight excluding hydrogens is 1100 g/mol. The van der Waals surface area contributed by atoms with Gasteiger partial charge in [-0.2, -0.15) is 0 Å². The summed E-state index contributed by atoms with van der Waals surface area (Å²) in [6.45, 7) is 5.09. The monoisotopic (exact) mass is 1180 g/mol. The van der Waals surface area contributed by atoms with Gasteiger partial charge < -0.3 is 84.2 Å². The third-order valence-corrected chi connectivity index (χ3v) is 16.5. The number of carboxylic acid groups (broad SMARTS) is 1. The molecule has 0 bridgehead atoms. The number of unbranched alkanes of at least 4 members (excludes halogenated alkanes) is 1. The molecule has 0 spiro atoms. The number of hydrogen-bond acceptors (Lipinski definition) is 18. The van der Waals surface area contributed by atoms with Crippen molar-refractivity contribution in [1.82, 2.24) is 52.3 Å². The first-order valence-corrected chi connectivity index (χ1v) is 29.4. The molecular formula is C51H78N12O16S2. The van der Waals surface area contributed by atoms with Crippen LogP contribution in [0.4, 0.5) is 0 Å². The van der Waals surface area contributed by atoms with E-state index in [1.807, 2.05) is 0 Å². The Morgan fingerprint density at radius 1 is 0.728 bits per heavy atom. The number of phenols is 1. The number of fused-ring (bicyclic) bond motifs is 2. The maximum Gasteiger partial charge on any atom is 0.326 e. The number of hydrogen-bond donors (Lipinski definition) is 14. The molecule has 450 valence electrons. The van der Waals surface area contributed by atoms with Crippen molar-refractivity contribution in [2.45, 2.75) is 165 Å². The van der Waals surface area contributed by atoms with Gasteiger partial charge in [0.15, 0.2) is 0 Å². The fourth-order valence-corrected chi connectivity index (χ4v) is 11.7. The second kappa shape index (κ2) is 32.6. The summed E-state index contributed by atoms with van der Waals surface area (Å²) in [5, 5.41) is 61.2. The summed E-state index contributed by atoms with van der Waals surface area (Å²) in [5.41, 5.74) is 11.6. The van der Waals surface area contributed by atoms with Crippen molar-refractivity contribution < 1.29 is 78.0 Å². The van der Waals surface area contributed by atoms with Crippen LogP contribution >= 0.6 is 21.6 Å². The predicted octanol–water partition coefficient (Wildman–Crippen LogP) is -3.89. The van der Waals surface area contributed by atoms with Crippen LogP contribution < -0.4 is 54.0 Å². The highest BCUT2D eigenvalue weighted by Crippen LogP contribution is 2.28. The number of phenolic OH excluding ortho intramolecular Hbond substituents is 1. The number of nitrogens with zero attached hydrogens (tertiary/aromatic N) is 2. The summed E-state index contributed by atoms with van der Waals surface area (Å²) in [6.07, 6.45) is -0.828. The summed E-state index contributed by atoms with van der Waals surface area (Å²) in [6, 6.07) is -9.20. The number of aliphatic hydroxyl groups is 2. The number of benzene rings is 1. The standard InChI is InChI=1S/C51H78N12O16S2/c1-5-26(2)40-50(77)63-21-9-12-38(63)49(76)62-20-8-11-37(62)47(74)55-32(17-18-39(53)68)43(70)59-36(45(72)57-33(51(78)79)22-29-13-15-30(67)16-14-29)25-81-80-24-35(54-28(4)66)46(73)61-41(27(3)65)48(75)56-31(10-6-7-19-52)42(69)58-34(23-64)44(71)60-40/h13-16,26-27,31-38,40-41,64-65,67H,5-12,17-25,52H2,1-4H3,(H2,53,68)(H,54,66)(H,55,74)(H,56,75)(H,57,72)(H,58,69)(H,59,70)(H,60,71)(H,61,73)(H,78,79)/t26-,27+,31-,32-,33-,34-,35-,36-,37-,38-,40-,41-/m0/s1. The molecule has 4 rings (SSSR count). The maximum atomic E-state index is 14.6. The third kappa shape index (κ3) is 20.0. The molecule has 81 heavy (non-hydrogen) atoms. The number of nitrogens with two attached hydrogens (primary N) is 2. The minimum absolute atomic E-state index is 0.0703. The Morgan fingerprint density at radius 3 is 1.89 bits per heavy atom. The molecule has 30 heteroatoms. The van der Waals surface area contributed by atoms with Crippen molar-refractivity contribution in [2.75, 3.05) is 37.7 Å². The number of aromatic hydroxyl groups is 1. The van der Waals surface area contributed by atoms with Crippen LogP contribution in [0.2, 0.25) is 0 Å². The smallest absolute Gasteiger partial charge is 0.326 e. The number of carboxylic acids is 1. The Bertz CT molecular complexity index is 2420. The first kappa shape index (κ1) is 66.7. The average Bonchev–Trinajstić information content (AvgIpc) is 4.24. The minimum atomic E-state index is -1.76. The van der Waals surface area contributed by atoms with Gasteiger partial charge >= 0.3 is 5.97 Å². The van der Waals surface area contributed by atoms with Crippen molar-refractivity contribution >= 4 is 92.5 Å². The number of amides is 11. The first-order chi connectivity index (χ1) is 38.4. The lowest BCUT2D eigenvalue weighted by molar-refractivity contribution is -0.149. The summed E-state index contributed by atoms with van der Waals surface area (Å²) in [5.74, 6) is -12.5. The Labute approximate surface area is 476 Å². The predicted molar refractivity (Wildman–Crippen MR) is 295 cm³/mol. The summed E-state index contributed by atoms with van der Waals surface area (Å²) in [4.78, 5) is 167. The molecule has 0 radical (unpaired) electrons. The maximum absolute atomic E-state index is 14.6. The van der Waals surface area contributed by atoms with Gasteiger partial charge in [0.2, 0.25) is 65.0 Å². The second-order valence-electron chi connectivity index (χ2n) is 20.3. The highest BCUT2D eigenvalue weighted by atomic mass is 33.1. The van der Waals surface area contributed by atoms with Crippen LogP contribution in [0.15, 0.2) is 24.3 Å². The van der Waals surface area contributed by atoms with Crippen molar-refractivity contribution in [3.05, 3.63) is 29.8 Å². The molecule has 0 aromatic heterocycles. The molecule has 3 aliphatic heterocycles. The van der Waals surface area contributed by atoms with Crippen LogP contribution in [0.1, 0.15) is 97.5 Å². The van der Waals surface area contributed by atoms with Gasteiger partial charge in [-0.15, -0.1) is 0 Å². The fraction of sp³-hybridized carbons (Fsp3) is 0.647. The summed E-state index contributed by atoms with van der Waals surface area (Å²) in [7, 11) is 1.75. The largest absolute Gasteiger partial charge is 0.508 e. The van der Waals surface area contributed by atoms with E-state index in [1.165, 1.54) is 41.0 Å². The Hall–Kier alpha value is -6.76. The van der Waals surface area contributed by atoms with E-state index in [-0.39, 0.29) is 69.0 Å². The van der Waals surface area contributed by atoms with E-state index in [1.54, 1.807) is 13.8 Å². The molecule has 11 amide bonds. The molecule has 12 atom stereocenters. The Balaban J connectivity index is 1.78.